The number of nitrogens with zero attached hydrogens (tertiary/aromatic N) is 2. The van der Waals surface area contributed by atoms with Gasteiger partial charge in [0.2, 0.25) is 0 Å². The molecule has 4 aliphatic heterocycles. The Labute approximate surface area is 145 Å². The zero-order chi connectivity index (χ0) is 16.2. The first-order valence-corrected chi connectivity index (χ1v) is 9.77. The van der Waals surface area contributed by atoms with Gasteiger partial charge in [-0.25, -0.2) is 0 Å². The van der Waals surface area contributed by atoms with Gasteiger partial charge in [-0.3, -0.25) is 9.80 Å². The SMILES string of the molecule is C1CN(CCOC[C@@H]2CC[C@H]3[C@H](CCN3C3CCOC3)O2)CCO1. The minimum atomic E-state index is 0.288. The Balaban J connectivity index is 1.15. The van der Waals surface area contributed by atoms with Crippen LogP contribution in [-0.4, -0.2) is 99.9 Å². The van der Waals surface area contributed by atoms with E-state index in [1.807, 2.05) is 0 Å². The fraction of sp³-hybridized carbons (Fsp3) is 1.00. The predicted octanol–water partition coefficient (Wildman–Crippen LogP) is 0.746. The van der Waals surface area contributed by atoms with Crippen molar-refractivity contribution in [3.05, 3.63) is 0 Å². The number of hydrogen-bond donors (Lipinski definition) is 0. The normalized spacial score (nSPS) is 38.5. The number of ether oxygens (including phenoxy) is 4. The summed E-state index contributed by atoms with van der Waals surface area (Å²) in [7, 11) is 0. The Morgan fingerprint density at radius 2 is 1.83 bits per heavy atom. The maximum atomic E-state index is 6.35. The van der Waals surface area contributed by atoms with Crippen molar-refractivity contribution < 1.29 is 18.9 Å². The highest BCUT2D eigenvalue weighted by Gasteiger charge is 2.43. The van der Waals surface area contributed by atoms with Crippen LogP contribution in [0.15, 0.2) is 0 Å². The summed E-state index contributed by atoms with van der Waals surface area (Å²) in [5.74, 6) is 0. The highest BCUT2D eigenvalue weighted by molar-refractivity contribution is 4.96. The topological polar surface area (TPSA) is 43.4 Å². The number of morpholine rings is 1. The van der Waals surface area contributed by atoms with Gasteiger partial charge in [0.05, 0.1) is 45.2 Å². The van der Waals surface area contributed by atoms with Crippen molar-refractivity contribution in [3.8, 4) is 0 Å². The van der Waals surface area contributed by atoms with Crippen molar-refractivity contribution in [2.75, 3.05) is 65.8 Å². The lowest BCUT2D eigenvalue weighted by Crippen LogP contribution is -2.47. The molecule has 0 radical (unpaired) electrons. The molecule has 1 unspecified atom stereocenters. The van der Waals surface area contributed by atoms with Crippen LogP contribution in [0.3, 0.4) is 0 Å². The van der Waals surface area contributed by atoms with Crippen molar-refractivity contribution >= 4 is 0 Å². The van der Waals surface area contributed by atoms with Gasteiger partial charge in [0, 0.05) is 44.9 Å². The zero-order valence-electron chi connectivity index (χ0n) is 14.7. The van der Waals surface area contributed by atoms with Crippen LogP contribution < -0.4 is 0 Å². The molecule has 0 aromatic carbocycles. The average molecular weight is 340 g/mol. The summed E-state index contributed by atoms with van der Waals surface area (Å²) in [6, 6.07) is 1.24. The highest BCUT2D eigenvalue weighted by Crippen LogP contribution is 2.34. The molecule has 6 heteroatoms. The molecule has 0 N–H and O–H groups in total. The summed E-state index contributed by atoms with van der Waals surface area (Å²) in [6.07, 6.45) is 5.44. The Kier molecular flexibility index (Phi) is 6.04. The number of likely N-dealkylation sites (tertiary alicyclic amines) is 1. The van der Waals surface area contributed by atoms with E-state index in [-0.39, 0.29) is 6.10 Å². The molecule has 4 heterocycles. The first-order valence-electron chi connectivity index (χ1n) is 9.77. The van der Waals surface area contributed by atoms with Crippen LogP contribution in [-0.2, 0) is 18.9 Å². The zero-order valence-corrected chi connectivity index (χ0v) is 14.7. The van der Waals surface area contributed by atoms with Crippen LogP contribution in [0.4, 0.5) is 0 Å². The summed E-state index contributed by atoms with van der Waals surface area (Å²) in [4.78, 5) is 5.08. The summed E-state index contributed by atoms with van der Waals surface area (Å²) >= 11 is 0. The fourth-order valence-electron chi connectivity index (χ4n) is 4.62. The summed E-state index contributed by atoms with van der Waals surface area (Å²) in [5, 5.41) is 0. The van der Waals surface area contributed by atoms with E-state index in [4.69, 9.17) is 18.9 Å². The molecule has 4 fully saturated rings. The third-order valence-electron chi connectivity index (χ3n) is 6.01. The summed E-state index contributed by atoms with van der Waals surface area (Å²) in [5.41, 5.74) is 0. The minimum absolute atomic E-state index is 0.288. The average Bonchev–Trinajstić information content (AvgIpc) is 3.28. The Bertz CT molecular complexity index is 385. The quantitative estimate of drug-likeness (QED) is 0.665. The molecular weight excluding hydrogens is 308 g/mol. The van der Waals surface area contributed by atoms with Crippen molar-refractivity contribution in [1.29, 1.82) is 0 Å². The molecule has 24 heavy (non-hydrogen) atoms. The van der Waals surface area contributed by atoms with E-state index in [1.165, 1.54) is 25.8 Å². The minimum Gasteiger partial charge on any atom is -0.380 e. The number of hydrogen-bond acceptors (Lipinski definition) is 6. The molecule has 4 aliphatic rings. The van der Waals surface area contributed by atoms with E-state index in [1.54, 1.807) is 0 Å². The van der Waals surface area contributed by atoms with Crippen LogP contribution in [0.5, 0.6) is 0 Å². The maximum Gasteiger partial charge on any atom is 0.0813 e. The van der Waals surface area contributed by atoms with Crippen LogP contribution >= 0.6 is 0 Å². The molecule has 0 saturated carbocycles. The summed E-state index contributed by atoms with van der Waals surface area (Å²) < 4.78 is 23.2. The molecule has 4 saturated heterocycles. The Morgan fingerprint density at radius 3 is 2.67 bits per heavy atom. The third kappa shape index (κ3) is 4.11. The number of fused-ring (bicyclic) bond motifs is 1. The van der Waals surface area contributed by atoms with Gasteiger partial charge in [0.25, 0.3) is 0 Å². The second-order valence-corrected chi connectivity index (χ2v) is 7.51. The second kappa shape index (κ2) is 8.43. The summed E-state index contributed by atoms with van der Waals surface area (Å²) in [6.45, 7) is 9.37. The van der Waals surface area contributed by atoms with Gasteiger partial charge in [-0.1, -0.05) is 0 Å². The van der Waals surface area contributed by atoms with E-state index >= 15 is 0 Å². The molecular formula is C18H32N2O4. The molecule has 6 nitrogen and oxygen atoms in total. The van der Waals surface area contributed by atoms with E-state index in [2.05, 4.69) is 9.80 Å². The van der Waals surface area contributed by atoms with Gasteiger partial charge in [0.1, 0.15) is 0 Å². The molecule has 4 rings (SSSR count). The van der Waals surface area contributed by atoms with Crippen molar-refractivity contribution in [3.63, 3.8) is 0 Å². The Morgan fingerprint density at radius 1 is 0.917 bits per heavy atom. The van der Waals surface area contributed by atoms with Gasteiger partial charge in [-0.15, -0.1) is 0 Å². The van der Waals surface area contributed by atoms with E-state index in [0.29, 0.717) is 18.2 Å². The van der Waals surface area contributed by atoms with E-state index in [0.717, 1.165) is 65.7 Å². The van der Waals surface area contributed by atoms with Gasteiger partial charge >= 0.3 is 0 Å². The maximum absolute atomic E-state index is 6.35. The van der Waals surface area contributed by atoms with Crippen LogP contribution in [0.2, 0.25) is 0 Å². The standard InChI is InChI=1S/C18H32N2O4/c1-2-17-18(3-5-20(17)15-4-9-22-13-15)24-16(1)14-23-12-8-19-6-10-21-11-7-19/h15-18H,1-14H2/t15?,16-,17-,18-/m0/s1. The molecule has 4 atom stereocenters. The first kappa shape index (κ1) is 17.2. The van der Waals surface area contributed by atoms with Gasteiger partial charge in [-0.05, 0) is 25.7 Å². The smallest absolute Gasteiger partial charge is 0.0813 e. The molecule has 138 valence electrons. The monoisotopic (exact) mass is 340 g/mol. The highest BCUT2D eigenvalue weighted by atomic mass is 16.5. The lowest BCUT2D eigenvalue weighted by Gasteiger charge is -2.38. The molecule has 0 amide bonds. The van der Waals surface area contributed by atoms with Gasteiger partial charge < -0.3 is 18.9 Å². The van der Waals surface area contributed by atoms with Crippen LogP contribution in [0.1, 0.15) is 25.7 Å². The largest absolute Gasteiger partial charge is 0.380 e. The second-order valence-electron chi connectivity index (χ2n) is 7.51. The molecule has 0 aromatic rings. The Hall–Kier alpha value is -0.240. The van der Waals surface area contributed by atoms with Crippen LogP contribution in [0.25, 0.3) is 0 Å². The lowest BCUT2D eigenvalue weighted by atomic mass is 9.98. The van der Waals surface area contributed by atoms with Crippen molar-refractivity contribution in [1.82, 2.24) is 9.80 Å². The predicted molar refractivity (Wildman–Crippen MR) is 90.3 cm³/mol. The van der Waals surface area contributed by atoms with Gasteiger partial charge in [0.15, 0.2) is 0 Å². The third-order valence-corrected chi connectivity index (χ3v) is 6.01. The van der Waals surface area contributed by atoms with Gasteiger partial charge in [-0.2, -0.15) is 0 Å². The lowest BCUT2D eigenvalue weighted by molar-refractivity contribution is -0.104. The van der Waals surface area contributed by atoms with E-state index in [9.17, 15) is 0 Å². The van der Waals surface area contributed by atoms with Crippen molar-refractivity contribution in [2.45, 2.75) is 50.0 Å². The molecule has 0 bridgehead atoms. The van der Waals surface area contributed by atoms with E-state index < -0.39 is 0 Å². The fourth-order valence-corrected chi connectivity index (χ4v) is 4.62. The molecule has 0 aromatic heterocycles. The molecule has 0 spiro atoms. The molecule has 0 aliphatic carbocycles. The number of rotatable bonds is 6. The first-order chi connectivity index (χ1) is 11.9. The van der Waals surface area contributed by atoms with Crippen LogP contribution in [0, 0.1) is 0 Å². The van der Waals surface area contributed by atoms with Crippen molar-refractivity contribution in [2.24, 2.45) is 0 Å².